The van der Waals surface area contributed by atoms with Crippen LogP contribution < -0.4 is 0 Å². The molecular formula is C16H17ClO3. The van der Waals surface area contributed by atoms with E-state index in [2.05, 4.69) is 0 Å². The van der Waals surface area contributed by atoms with Crippen molar-refractivity contribution in [3.05, 3.63) is 33.8 Å². The molecule has 1 fully saturated rings. The lowest BCUT2D eigenvalue weighted by atomic mass is 9.93. The second-order valence-corrected chi connectivity index (χ2v) is 6.21. The van der Waals surface area contributed by atoms with Gasteiger partial charge >= 0.3 is 5.97 Å². The van der Waals surface area contributed by atoms with Gasteiger partial charge in [-0.2, -0.15) is 0 Å². The molecule has 2 aliphatic rings. The summed E-state index contributed by atoms with van der Waals surface area (Å²) in [7, 11) is 0. The zero-order chi connectivity index (χ0) is 14.3. The number of Topliss-reactive ketones (excluding diaryl/α,β-unsaturated/α-hetero) is 1. The number of carboxylic acid groups (broad SMARTS) is 1. The Morgan fingerprint density at radius 1 is 1.15 bits per heavy atom. The average molecular weight is 293 g/mol. The van der Waals surface area contributed by atoms with Gasteiger partial charge in [0, 0.05) is 11.5 Å². The second kappa shape index (κ2) is 5.21. The van der Waals surface area contributed by atoms with Crippen LogP contribution in [0.4, 0.5) is 0 Å². The van der Waals surface area contributed by atoms with E-state index in [-0.39, 0.29) is 11.7 Å². The van der Waals surface area contributed by atoms with E-state index in [4.69, 9.17) is 11.6 Å². The third kappa shape index (κ3) is 2.24. The fourth-order valence-corrected chi connectivity index (χ4v) is 3.75. The first kappa shape index (κ1) is 13.6. The number of hydrogen-bond acceptors (Lipinski definition) is 2. The molecule has 20 heavy (non-hydrogen) atoms. The Bertz CT molecular complexity index is 573. The topological polar surface area (TPSA) is 54.4 Å². The summed E-state index contributed by atoms with van der Waals surface area (Å²) in [5, 5.41) is 9.60. The van der Waals surface area contributed by atoms with Gasteiger partial charge in [0.05, 0.1) is 10.9 Å². The first-order valence-corrected chi connectivity index (χ1v) is 7.55. The van der Waals surface area contributed by atoms with E-state index < -0.39 is 11.9 Å². The molecule has 1 saturated carbocycles. The van der Waals surface area contributed by atoms with Crippen LogP contribution >= 0.6 is 11.6 Å². The molecule has 1 unspecified atom stereocenters. The van der Waals surface area contributed by atoms with Crippen LogP contribution in [0.1, 0.15) is 59.5 Å². The molecule has 1 N–H and O–H groups in total. The number of carbonyl (C=O) groups excluding carboxylic acids is 1. The Morgan fingerprint density at radius 2 is 1.85 bits per heavy atom. The molecule has 0 spiro atoms. The van der Waals surface area contributed by atoms with Gasteiger partial charge in [0.25, 0.3) is 0 Å². The number of hydrogen-bond donors (Lipinski definition) is 1. The molecule has 0 aromatic heterocycles. The Balaban J connectivity index is 1.95. The van der Waals surface area contributed by atoms with Gasteiger partial charge in [-0.15, -0.1) is 0 Å². The largest absolute Gasteiger partial charge is 0.481 e. The number of rotatable bonds is 3. The Labute approximate surface area is 122 Å². The summed E-state index contributed by atoms with van der Waals surface area (Å²) in [5.74, 6) is -1.05. The quantitative estimate of drug-likeness (QED) is 0.862. The molecule has 0 amide bonds. The van der Waals surface area contributed by atoms with Crippen LogP contribution in [0.25, 0.3) is 0 Å². The van der Waals surface area contributed by atoms with Crippen LogP contribution in [0.2, 0.25) is 5.02 Å². The molecule has 4 heteroatoms. The highest BCUT2D eigenvalue weighted by Crippen LogP contribution is 2.38. The van der Waals surface area contributed by atoms with Gasteiger partial charge in [0.1, 0.15) is 0 Å². The highest BCUT2D eigenvalue weighted by molar-refractivity contribution is 6.34. The summed E-state index contributed by atoms with van der Waals surface area (Å²) < 4.78 is 0. The van der Waals surface area contributed by atoms with E-state index in [0.717, 1.165) is 36.8 Å². The van der Waals surface area contributed by atoms with E-state index in [1.807, 2.05) is 6.07 Å². The summed E-state index contributed by atoms with van der Waals surface area (Å²) in [4.78, 5) is 23.7. The Morgan fingerprint density at radius 3 is 2.50 bits per heavy atom. The number of carbonyl (C=O) groups is 2. The standard InChI is InChI=1S/C16H17ClO3/c17-14-8-12-10(5-6-11(12)16(19)20)7-13(14)15(18)9-3-1-2-4-9/h7-9,11H,1-6H2,(H,19,20). The normalized spacial score (nSPS) is 21.9. The number of carboxylic acids is 1. The van der Waals surface area contributed by atoms with Gasteiger partial charge in [-0.25, -0.2) is 0 Å². The molecule has 0 bridgehead atoms. The van der Waals surface area contributed by atoms with Crippen LogP contribution in [0.3, 0.4) is 0 Å². The van der Waals surface area contributed by atoms with E-state index in [1.165, 1.54) is 0 Å². The van der Waals surface area contributed by atoms with Crippen molar-refractivity contribution in [3.8, 4) is 0 Å². The Kier molecular flexibility index (Phi) is 3.55. The van der Waals surface area contributed by atoms with Crippen LogP contribution in [0, 0.1) is 5.92 Å². The van der Waals surface area contributed by atoms with Gasteiger partial charge < -0.3 is 5.11 Å². The molecule has 1 aromatic rings. The molecule has 2 aliphatic carbocycles. The van der Waals surface area contributed by atoms with E-state index in [9.17, 15) is 14.7 Å². The smallest absolute Gasteiger partial charge is 0.310 e. The first-order valence-electron chi connectivity index (χ1n) is 7.17. The second-order valence-electron chi connectivity index (χ2n) is 5.81. The number of halogens is 1. The van der Waals surface area contributed by atoms with Crippen LogP contribution in [-0.4, -0.2) is 16.9 Å². The lowest BCUT2D eigenvalue weighted by molar-refractivity contribution is -0.138. The molecule has 1 aromatic carbocycles. The molecule has 0 aliphatic heterocycles. The van der Waals surface area contributed by atoms with E-state index >= 15 is 0 Å². The van der Waals surface area contributed by atoms with Crippen LogP contribution in [0.15, 0.2) is 12.1 Å². The molecule has 0 heterocycles. The molecule has 0 radical (unpaired) electrons. The minimum absolute atomic E-state index is 0.0993. The SMILES string of the molecule is O=C(c1cc2c(cc1Cl)C(C(=O)O)CC2)C1CCCC1. The van der Waals surface area contributed by atoms with E-state index in [0.29, 0.717) is 23.4 Å². The van der Waals surface area contributed by atoms with E-state index in [1.54, 1.807) is 6.07 Å². The van der Waals surface area contributed by atoms with Gasteiger partial charge in [0.2, 0.25) is 0 Å². The van der Waals surface area contributed by atoms with Crippen molar-refractivity contribution < 1.29 is 14.7 Å². The van der Waals surface area contributed by atoms with Crippen molar-refractivity contribution in [2.75, 3.05) is 0 Å². The minimum Gasteiger partial charge on any atom is -0.481 e. The lowest BCUT2D eigenvalue weighted by Crippen LogP contribution is -2.13. The fraction of sp³-hybridized carbons (Fsp3) is 0.500. The predicted molar refractivity (Wildman–Crippen MR) is 76.4 cm³/mol. The molecule has 3 nitrogen and oxygen atoms in total. The van der Waals surface area contributed by atoms with Gasteiger partial charge in [-0.05, 0) is 48.9 Å². The van der Waals surface area contributed by atoms with Crippen molar-refractivity contribution in [3.63, 3.8) is 0 Å². The number of benzene rings is 1. The molecule has 1 atom stereocenters. The third-order valence-corrected chi connectivity index (χ3v) is 4.91. The van der Waals surface area contributed by atoms with Crippen molar-refractivity contribution in [1.29, 1.82) is 0 Å². The maximum absolute atomic E-state index is 12.5. The van der Waals surface area contributed by atoms with Crippen LogP contribution in [0.5, 0.6) is 0 Å². The molecular weight excluding hydrogens is 276 g/mol. The highest BCUT2D eigenvalue weighted by atomic mass is 35.5. The predicted octanol–water partition coefficient (Wildman–Crippen LogP) is 3.83. The van der Waals surface area contributed by atoms with Crippen molar-refractivity contribution in [2.24, 2.45) is 5.92 Å². The number of fused-ring (bicyclic) bond motifs is 1. The number of ketones is 1. The zero-order valence-corrected chi connectivity index (χ0v) is 11.9. The summed E-state index contributed by atoms with van der Waals surface area (Å²) in [6, 6.07) is 3.53. The highest BCUT2D eigenvalue weighted by Gasteiger charge is 2.32. The van der Waals surface area contributed by atoms with Gasteiger partial charge in [-0.3, -0.25) is 9.59 Å². The first-order chi connectivity index (χ1) is 9.58. The molecule has 3 rings (SSSR count). The zero-order valence-electron chi connectivity index (χ0n) is 11.2. The van der Waals surface area contributed by atoms with Crippen molar-refractivity contribution >= 4 is 23.4 Å². The molecule has 0 saturated heterocycles. The fourth-order valence-electron chi connectivity index (χ4n) is 3.48. The maximum atomic E-state index is 12.5. The lowest BCUT2D eigenvalue weighted by Gasteiger charge is -2.13. The van der Waals surface area contributed by atoms with Crippen molar-refractivity contribution in [2.45, 2.75) is 44.4 Å². The summed E-state index contributed by atoms with van der Waals surface area (Å²) in [5.41, 5.74) is 2.34. The van der Waals surface area contributed by atoms with Crippen molar-refractivity contribution in [1.82, 2.24) is 0 Å². The van der Waals surface area contributed by atoms with Gasteiger partial charge in [0.15, 0.2) is 5.78 Å². The average Bonchev–Trinajstić information content (AvgIpc) is 3.05. The summed E-state index contributed by atoms with van der Waals surface area (Å²) in [6.07, 6.45) is 5.44. The molecule has 106 valence electrons. The maximum Gasteiger partial charge on any atom is 0.310 e. The van der Waals surface area contributed by atoms with Gasteiger partial charge in [-0.1, -0.05) is 24.4 Å². The van der Waals surface area contributed by atoms with Crippen LogP contribution in [-0.2, 0) is 11.2 Å². The number of aliphatic carboxylic acids is 1. The summed E-state index contributed by atoms with van der Waals surface area (Å²) >= 11 is 6.24. The third-order valence-electron chi connectivity index (χ3n) is 4.60. The Hall–Kier alpha value is -1.35. The summed E-state index contributed by atoms with van der Waals surface area (Å²) in [6.45, 7) is 0. The monoisotopic (exact) mass is 292 g/mol. The number of aryl methyl sites for hydroxylation is 1. The minimum atomic E-state index is -0.810.